The first-order chi connectivity index (χ1) is 12.3. The summed E-state index contributed by atoms with van der Waals surface area (Å²) < 4.78 is 5.75. The minimum absolute atomic E-state index is 0.447. The zero-order chi connectivity index (χ0) is 19.5. The summed E-state index contributed by atoms with van der Waals surface area (Å²) in [5.74, 6) is -1.87. The lowest BCUT2D eigenvalue weighted by Crippen LogP contribution is -3.05. The molecular weight excluding hydrogens is 358 g/mol. The maximum absolute atomic E-state index is 9.53. The Bertz CT molecular complexity index is 667. The first-order valence-electron chi connectivity index (χ1n) is 8.32. The molecule has 142 valence electrons. The number of carboxylic acid groups (broad SMARTS) is 2. The lowest BCUT2D eigenvalue weighted by atomic mass is 9.99. The van der Waals surface area contributed by atoms with E-state index in [1.165, 1.54) is 29.0 Å². The predicted octanol–water partition coefficient (Wildman–Crippen LogP) is 0.808. The Hall–Kier alpha value is -2.31. The van der Waals surface area contributed by atoms with E-state index in [-0.39, 0.29) is 0 Å². The summed E-state index contributed by atoms with van der Waals surface area (Å²) >= 11 is 6.02. The molecule has 2 rings (SSSR count). The molecule has 0 aromatic heterocycles. The summed E-state index contributed by atoms with van der Waals surface area (Å²) in [6, 6.07) is 5.95. The summed E-state index contributed by atoms with van der Waals surface area (Å²) in [4.78, 5) is 20.5. The zero-order valence-corrected chi connectivity index (χ0v) is 15.7. The van der Waals surface area contributed by atoms with Gasteiger partial charge in [-0.15, -0.1) is 0 Å². The molecule has 1 aromatic rings. The van der Waals surface area contributed by atoms with Crippen molar-refractivity contribution in [3.8, 4) is 5.75 Å². The quantitative estimate of drug-likeness (QED) is 0.711. The smallest absolute Gasteiger partial charge is 0.328 e. The third kappa shape index (κ3) is 8.69. The molecule has 0 atom stereocenters. The molecule has 0 saturated heterocycles. The highest BCUT2D eigenvalue weighted by Crippen LogP contribution is 2.33. The molecule has 7 heteroatoms. The number of carboxylic acids is 2. The standard InChI is InChI=1S/C15H20ClNO.C4H4O4/c1-17(2)9-3-5-12-6-4-10-18-15-11-13(16)7-8-14(12)15;5-3(6)1-2-4(7)8/h6-8,11H,3-5,9-10H2,1-2H3;1-2H,(H,5,6)(H,7,8)/b;2-1-. The SMILES string of the molecule is C[NH+](C)CCCC1=CCCOc2cc(Cl)ccc21.O=C([O-])/C=C\C(=O)O. The van der Waals surface area contributed by atoms with E-state index >= 15 is 0 Å². The zero-order valence-electron chi connectivity index (χ0n) is 15.0. The van der Waals surface area contributed by atoms with Crippen LogP contribution in [-0.2, 0) is 9.59 Å². The molecule has 0 bridgehead atoms. The predicted molar refractivity (Wildman–Crippen MR) is 98.2 cm³/mol. The van der Waals surface area contributed by atoms with Gasteiger partial charge in [0.15, 0.2) is 0 Å². The van der Waals surface area contributed by atoms with Crippen LogP contribution in [0.3, 0.4) is 0 Å². The van der Waals surface area contributed by atoms with E-state index in [0.717, 1.165) is 30.2 Å². The molecule has 0 unspecified atom stereocenters. The van der Waals surface area contributed by atoms with Crippen molar-refractivity contribution in [1.29, 1.82) is 0 Å². The molecule has 0 fully saturated rings. The Balaban J connectivity index is 0.000000359. The van der Waals surface area contributed by atoms with Gasteiger partial charge in [0.1, 0.15) is 5.75 Å². The Labute approximate surface area is 158 Å². The molecule has 2 N–H and O–H groups in total. The first-order valence-corrected chi connectivity index (χ1v) is 8.70. The number of benzene rings is 1. The van der Waals surface area contributed by atoms with Gasteiger partial charge in [-0.1, -0.05) is 17.7 Å². The van der Waals surface area contributed by atoms with Gasteiger partial charge in [-0.25, -0.2) is 4.79 Å². The van der Waals surface area contributed by atoms with Crippen molar-refractivity contribution in [3.63, 3.8) is 0 Å². The van der Waals surface area contributed by atoms with Gasteiger partial charge in [0.25, 0.3) is 0 Å². The number of rotatable bonds is 6. The summed E-state index contributed by atoms with van der Waals surface area (Å²) in [6.07, 6.45) is 6.55. The van der Waals surface area contributed by atoms with E-state index in [1.54, 1.807) is 0 Å². The molecule has 26 heavy (non-hydrogen) atoms. The number of fused-ring (bicyclic) bond motifs is 1. The molecule has 1 heterocycles. The second kappa shape index (κ2) is 11.3. The average Bonchev–Trinajstić information content (AvgIpc) is 2.75. The van der Waals surface area contributed by atoms with Gasteiger partial charge in [0.2, 0.25) is 0 Å². The fourth-order valence-corrected chi connectivity index (χ4v) is 2.56. The Kier molecular flexibility index (Phi) is 9.47. The van der Waals surface area contributed by atoms with Gasteiger partial charge in [0, 0.05) is 29.5 Å². The minimum atomic E-state index is -1.51. The molecule has 0 radical (unpaired) electrons. The number of hydrogen-bond donors (Lipinski definition) is 2. The summed E-state index contributed by atoms with van der Waals surface area (Å²) in [7, 11) is 4.39. The van der Waals surface area contributed by atoms with Crippen molar-refractivity contribution in [3.05, 3.63) is 47.0 Å². The van der Waals surface area contributed by atoms with E-state index < -0.39 is 11.9 Å². The maximum Gasteiger partial charge on any atom is 0.328 e. The van der Waals surface area contributed by atoms with Crippen LogP contribution >= 0.6 is 11.6 Å². The van der Waals surface area contributed by atoms with Gasteiger partial charge in [-0.3, -0.25) is 0 Å². The Morgan fingerprint density at radius 2 is 2.08 bits per heavy atom. The van der Waals surface area contributed by atoms with Crippen LogP contribution in [-0.4, -0.2) is 44.3 Å². The Morgan fingerprint density at radius 1 is 1.35 bits per heavy atom. The van der Waals surface area contributed by atoms with E-state index in [2.05, 4.69) is 26.2 Å². The number of hydrogen-bond acceptors (Lipinski definition) is 4. The fraction of sp³-hybridized carbons (Fsp3) is 0.368. The van der Waals surface area contributed by atoms with Gasteiger partial charge < -0.3 is 24.6 Å². The molecule has 1 aliphatic heterocycles. The van der Waals surface area contributed by atoms with E-state index in [9.17, 15) is 14.7 Å². The number of ether oxygens (including phenoxy) is 1. The molecule has 1 aromatic carbocycles. The van der Waals surface area contributed by atoms with Crippen LogP contribution in [0.5, 0.6) is 5.75 Å². The highest BCUT2D eigenvalue weighted by Gasteiger charge is 2.13. The highest BCUT2D eigenvalue weighted by molar-refractivity contribution is 6.30. The van der Waals surface area contributed by atoms with Gasteiger partial charge in [0.05, 0.1) is 33.2 Å². The van der Waals surface area contributed by atoms with Crippen LogP contribution in [0.1, 0.15) is 24.8 Å². The van der Waals surface area contributed by atoms with Crippen molar-refractivity contribution in [1.82, 2.24) is 0 Å². The van der Waals surface area contributed by atoms with E-state index in [1.807, 2.05) is 12.1 Å². The highest BCUT2D eigenvalue weighted by atomic mass is 35.5. The molecule has 0 spiro atoms. The van der Waals surface area contributed by atoms with Gasteiger partial charge in [-0.05, 0) is 36.3 Å². The maximum atomic E-state index is 9.53. The molecule has 0 amide bonds. The second-order valence-corrected chi connectivity index (χ2v) is 6.49. The van der Waals surface area contributed by atoms with Crippen LogP contribution < -0.4 is 14.7 Å². The van der Waals surface area contributed by atoms with Crippen molar-refractivity contribution >= 4 is 29.1 Å². The molecular formula is C19H24ClNO5. The monoisotopic (exact) mass is 381 g/mol. The molecule has 0 saturated carbocycles. The summed E-state index contributed by atoms with van der Waals surface area (Å²) in [5, 5.41) is 18.0. The topological polar surface area (TPSA) is 91.1 Å². The number of allylic oxidation sites excluding steroid dienone is 1. The average molecular weight is 382 g/mol. The second-order valence-electron chi connectivity index (χ2n) is 6.06. The minimum Gasteiger partial charge on any atom is -0.545 e. The largest absolute Gasteiger partial charge is 0.545 e. The van der Waals surface area contributed by atoms with Crippen LogP contribution in [0, 0.1) is 0 Å². The fourth-order valence-electron chi connectivity index (χ4n) is 2.40. The Morgan fingerprint density at radius 3 is 2.65 bits per heavy atom. The molecule has 6 nitrogen and oxygen atoms in total. The summed E-state index contributed by atoms with van der Waals surface area (Å²) in [5.41, 5.74) is 2.62. The van der Waals surface area contributed by atoms with Crippen molar-refractivity contribution in [2.24, 2.45) is 0 Å². The molecule has 1 aliphatic rings. The van der Waals surface area contributed by atoms with Crippen molar-refractivity contribution in [2.45, 2.75) is 19.3 Å². The van der Waals surface area contributed by atoms with Gasteiger partial charge >= 0.3 is 5.97 Å². The van der Waals surface area contributed by atoms with E-state index in [4.69, 9.17) is 21.4 Å². The van der Waals surface area contributed by atoms with Crippen LogP contribution in [0.2, 0.25) is 5.02 Å². The van der Waals surface area contributed by atoms with Crippen molar-refractivity contribution in [2.75, 3.05) is 27.2 Å². The lowest BCUT2D eigenvalue weighted by molar-refractivity contribution is -0.858. The summed E-state index contributed by atoms with van der Waals surface area (Å²) in [6.45, 7) is 1.94. The molecule has 0 aliphatic carbocycles. The van der Waals surface area contributed by atoms with E-state index in [0.29, 0.717) is 12.2 Å². The van der Waals surface area contributed by atoms with Crippen LogP contribution in [0.25, 0.3) is 5.57 Å². The normalized spacial score (nSPS) is 13.2. The number of quaternary nitrogens is 1. The van der Waals surface area contributed by atoms with Crippen LogP contribution in [0.15, 0.2) is 36.4 Å². The number of carbonyl (C=O) groups excluding carboxylic acids is 1. The first kappa shape index (κ1) is 21.7. The van der Waals surface area contributed by atoms with Crippen LogP contribution in [0.4, 0.5) is 0 Å². The lowest BCUT2D eigenvalue weighted by Gasteiger charge is -2.12. The van der Waals surface area contributed by atoms with Gasteiger partial charge in [-0.2, -0.15) is 0 Å². The van der Waals surface area contributed by atoms with Crippen molar-refractivity contribution < 1.29 is 29.4 Å². The number of halogens is 1. The number of carbonyl (C=O) groups is 2. The number of aliphatic carboxylic acids is 2. The third-order valence-corrected chi connectivity index (χ3v) is 3.78. The number of nitrogens with one attached hydrogen (secondary N) is 1. The third-order valence-electron chi connectivity index (χ3n) is 3.54.